The molecule has 90 heavy (non-hydrogen) atoms. The highest BCUT2D eigenvalue weighted by molar-refractivity contribution is 6.78. The number of likely N-dealkylation sites (tertiary alicyclic amines) is 2. The number of carbonyl (C=O) groups excluding carboxylic acids is 3. The zero-order valence-corrected chi connectivity index (χ0v) is 54.8. The Balaban J connectivity index is 0.667. The van der Waals surface area contributed by atoms with Crippen LogP contribution in [0.5, 0.6) is 11.8 Å². The minimum atomic E-state index is -2.48. The molecule has 1 spiro atoms. The number of anilines is 1. The highest BCUT2D eigenvalue weighted by Crippen LogP contribution is 2.48. The van der Waals surface area contributed by atoms with Crippen molar-refractivity contribution in [3.63, 3.8) is 0 Å². The van der Waals surface area contributed by atoms with Gasteiger partial charge in [0.05, 0.1) is 40.3 Å². The van der Waals surface area contributed by atoms with Gasteiger partial charge in [-0.1, -0.05) is 54.5 Å². The summed E-state index contributed by atoms with van der Waals surface area (Å²) in [7, 11) is -0.666. The fraction of sp³-hybridized carbons (Fsp3) is 0.609. The van der Waals surface area contributed by atoms with Gasteiger partial charge in [0.25, 0.3) is 8.32 Å². The van der Waals surface area contributed by atoms with Gasteiger partial charge in [0.15, 0.2) is 5.82 Å². The quantitative estimate of drug-likeness (QED) is 0.0676. The van der Waals surface area contributed by atoms with Crippen LogP contribution in [0, 0.1) is 23.4 Å². The molecule has 7 aliphatic heterocycles. The third kappa shape index (κ3) is 11.4. The molecular weight excluding hydrogens is 1170 g/mol. The molecule has 1 unspecified atom stereocenters. The number of carbonyl (C=O) groups is 3. The number of nitrogens with zero attached hydrogens (tertiary/aromatic N) is 9. The van der Waals surface area contributed by atoms with Crippen LogP contribution in [0.15, 0.2) is 42.6 Å². The molecule has 7 saturated heterocycles. The molecule has 7 fully saturated rings. The number of aromatic nitrogens is 5. The minimum absolute atomic E-state index is 0.0170. The number of ether oxygens (including phenoxy) is 3. The van der Waals surface area contributed by atoms with Gasteiger partial charge in [-0.05, 0) is 177 Å². The van der Waals surface area contributed by atoms with Crippen LogP contribution >= 0.6 is 0 Å². The van der Waals surface area contributed by atoms with Crippen molar-refractivity contribution in [2.24, 2.45) is 13.0 Å². The Morgan fingerprint density at radius 1 is 0.844 bits per heavy atom. The molecule has 1 N–H and O–H groups in total. The number of benzene rings is 3. The molecule has 0 radical (unpaired) electrons. The molecule has 17 nitrogen and oxygen atoms in total. The normalized spacial score (nSPS) is 24.2. The van der Waals surface area contributed by atoms with Gasteiger partial charge in [-0.3, -0.25) is 29.5 Å². The predicted molar refractivity (Wildman–Crippen MR) is 343 cm³/mol. The zero-order valence-electron chi connectivity index (χ0n) is 53.8. The van der Waals surface area contributed by atoms with Crippen molar-refractivity contribution in [3.8, 4) is 23.0 Å². The summed E-state index contributed by atoms with van der Waals surface area (Å²) < 4.78 is 78.1. The van der Waals surface area contributed by atoms with E-state index in [4.69, 9.17) is 33.6 Å². The van der Waals surface area contributed by atoms with Gasteiger partial charge in [-0.25, -0.2) is 18.0 Å². The average Bonchev–Trinajstić information content (AvgIpc) is 1.08. The molecule has 0 aliphatic carbocycles. The maximum absolute atomic E-state index is 18.1. The van der Waals surface area contributed by atoms with Crippen LogP contribution in [0.3, 0.4) is 0 Å². The molecule has 3 aromatic heterocycles. The summed E-state index contributed by atoms with van der Waals surface area (Å²) in [5.41, 5.74) is 3.28. The number of aryl methyl sites for hydroxylation is 2. The van der Waals surface area contributed by atoms with Crippen LogP contribution in [0.2, 0.25) is 16.6 Å². The summed E-state index contributed by atoms with van der Waals surface area (Å²) in [4.78, 5) is 62.2. The number of pyridine rings is 1. The lowest BCUT2D eigenvalue weighted by Crippen LogP contribution is -2.56. The topological polar surface area (TPSA) is 170 Å². The standard InChI is InChI=1S/C69H89F3N10O7Si/c1-9-49-55(70)14-12-46-32-48(89-90(41(2)3,42(4)5)43(6)7)33-53(59(46)49)62-60(72)63-54(36-73-62)64(81-25-11-22-69(39-81)24-31-88-69)76-66(75-63)87-40-68-21-10-26-82(68)47(16-23-68)38-86-67(85)80-29-17-44(18-30-80)37-79-27-19-45(20-28-79)51-35-57-52(34-56(51)71)61(77-78(57)8)50-13-15-58(83)74-65(50)84/h12,14,32-36,41-45,47,50H,9-11,13,15-31,37-40H2,1-8H3,(H,74,83,84)/t47-,50?,68-,69+/m0/s1. The largest absolute Gasteiger partial charge is 0.543 e. The van der Waals surface area contributed by atoms with Crippen molar-refractivity contribution >= 4 is 64.6 Å². The van der Waals surface area contributed by atoms with Crippen LogP contribution < -0.4 is 19.4 Å². The van der Waals surface area contributed by atoms with E-state index in [2.05, 4.69) is 66.7 Å². The lowest BCUT2D eigenvalue weighted by atomic mass is 9.86. The van der Waals surface area contributed by atoms with Crippen molar-refractivity contribution in [1.82, 2.24) is 44.7 Å². The molecule has 7 aliphatic rings. The second-order valence-corrected chi connectivity index (χ2v) is 33.6. The number of rotatable bonds is 17. The fourth-order valence-electron chi connectivity index (χ4n) is 17.3. The Bertz CT molecular complexity index is 3710. The van der Waals surface area contributed by atoms with Crippen LogP contribution in [-0.2, 0) is 32.5 Å². The first-order valence-electron chi connectivity index (χ1n) is 33.5. The number of hydrogen-bond acceptors (Lipinski definition) is 14. The summed E-state index contributed by atoms with van der Waals surface area (Å²) >= 11 is 0. The van der Waals surface area contributed by atoms with E-state index in [0.717, 1.165) is 108 Å². The zero-order chi connectivity index (χ0) is 63.0. The van der Waals surface area contributed by atoms with Crippen molar-refractivity contribution in [2.75, 3.05) is 77.1 Å². The van der Waals surface area contributed by atoms with E-state index >= 15 is 13.2 Å². The Labute approximate surface area is 527 Å². The van der Waals surface area contributed by atoms with Crippen LogP contribution in [0.1, 0.15) is 161 Å². The van der Waals surface area contributed by atoms with E-state index in [9.17, 15) is 14.4 Å². The van der Waals surface area contributed by atoms with E-state index in [1.807, 2.05) is 37.1 Å². The Hall–Kier alpha value is -6.42. The first-order valence-corrected chi connectivity index (χ1v) is 35.6. The molecule has 0 bridgehead atoms. The molecule has 10 heterocycles. The van der Waals surface area contributed by atoms with Gasteiger partial charge in [0.2, 0.25) is 11.8 Å². The van der Waals surface area contributed by atoms with Gasteiger partial charge < -0.3 is 33.3 Å². The molecule has 3 amide bonds. The molecule has 6 aromatic rings. The van der Waals surface area contributed by atoms with E-state index < -0.39 is 20.1 Å². The molecular formula is C69H89F3N10O7Si. The first kappa shape index (κ1) is 62.4. The number of fused-ring (bicyclic) bond motifs is 4. The van der Waals surface area contributed by atoms with E-state index in [0.29, 0.717) is 102 Å². The Morgan fingerprint density at radius 2 is 1.60 bits per heavy atom. The van der Waals surface area contributed by atoms with Crippen LogP contribution in [0.4, 0.5) is 23.8 Å². The first-order chi connectivity index (χ1) is 43.3. The Kier molecular flexibility index (Phi) is 17.3. The third-order valence-corrected chi connectivity index (χ3v) is 28.1. The SMILES string of the molecule is CCc1c(F)ccc2cc(O[Si](C(C)C)(C(C)C)C(C)C)cc(-c3ncc4c(N5CCC[C@@]6(CCO6)C5)nc(OC[C@@]56CCCN5[C@H](COC(=O)N5CCC(CN7CCC(c8cc9c(cc8F)c(C8CCC(=O)NC8=O)nn9C)CC7)CC5)CC6)nc4c3F)c12. The van der Waals surface area contributed by atoms with Gasteiger partial charge in [-0.15, -0.1) is 0 Å². The lowest BCUT2D eigenvalue weighted by Gasteiger charge is -2.48. The second-order valence-electron chi connectivity index (χ2n) is 28.2. The minimum Gasteiger partial charge on any atom is -0.543 e. The van der Waals surface area contributed by atoms with E-state index in [1.165, 1.54) is 12.1 Å². The molecule has 0 saturated carbocycles. The molecule has 482 valence electrons. The summed E-state index contributed by atoms with van der Waals surface area (Å²) in [5.74, 6) is -0.867. The number of piperidine rings is 4. The molecule has 13 rings (SSSR count). The molecule has 3 aromatic carbocycles. The highest BCUT2D eigenvalue weighted by Gasteiger charge is 2.51. The van der Waals surface area contributed by atoms with E-state index in [-0.39, 0.29) is 106 Å². The molecule has 21 heteroatoms. The number of halogens is 3. The predicted octanol–water partition coefficient (Wildman–Crippen LogP) is 12.6. The van der Waals surface area contributed by atoms with Crippen molar-refractivity contribution in [1.29, 1.82) is 0 Å². The van der Waals surface area contributed by atoms with Crippen molar-refractivity contribution in [3.05, 3.63) is 76.9 Å². The summed E-state index contributed by atoms with van der Waals surface area (Å²) in [5, 5.41) is 9.47. The average molecular weight is 1260 g/mol. The van der Waals surface area contributed by atoms with Gasteiger partial charge in [0.1, 0.15) is 47.6 Å². The fourth-order valence-corrected chi connectivity index (χ4v) is 22.6. The smallest absolute Gasteiger partial charge is 0.409 e. The monoisotopic (exact) mass is 1250 g/mol. The second kappa shape index (κ2) is 24.9. The number of hydrogen-bond donors (Lipinski definition) is 1. The van der Waals surface area contributed by atoms with Crippen LogP contribution in [-0.4, -0.2) is 155 Å². The van der Waals surface area contributed by atoms with Crippen molar-refractivity contribution < 1.29 is 46.2 Å². The van der Waals surface area contributed by atoms with Gasteiger partial charge in [0, 0.05) is 75.8 Å². The van der Waals surface area contributed by atoms with Gasteiger partial charge in [-0.2, -0.15) is 15.1 Å². The lowest BCUT2D eigenvalue weighted by molar-refractivity contribution is -0.151. The summed E-state index contributed by atoms with van der Waals surface area (Å²) in [6.45, 7) is 22.6. The maximum atomic E-state index is 18.1. The summed E-state index contributed by atoms with van der Waals surface area (Å²) in [6.07, 6.45) is 12.1. The highest BCUT2D eigenvalue weighted by atomic mass is 28.4. The molecule has 4 atom stereocenters. The summed E-state index contributed by atoms with van der Waals surface area (Å²) in [6, 6.07) is 10.6. The number of nitrogens with one attached hydrogen (secondary N) is 1. The third-order valence-electron chi connectivity index (χ3n) is 22.1. The van der Waals surface area contributed by atoms with Crippen LogP contribution in [0.25, 0.3) is 43.8 Å². The number of imide groups is 1. The van der Waals surface area contributed by atoms with Crippen molar-refractivity contribution in [2.45, 2.75) is 184 Å². The van der Waals surface area contributed by atoms with Gasteiger partial charge >= 0.3 is 12.1 Å². The maximum Gasteiger partial charge on any atom is 0.409 e. The number of amides is 3. The van der Waals surface area contributed by atoms with E-state index in [1.54, 1.807) is 16.9 Å². The Morgan fingerprint density at radius 3 is 2.31 bits per heavy atom.